The summed E-state index contributed by atoms with van der Waals surface area (Å²) in [6.07, 6.45) is -1.00. The Balaban J connectivity index is 1.77. The zero-order valence-electron chi connectivity index (χ0n) is 13.8. The SMILES string of the molecule is CCc1cc(N2CCCC(C(=O)NCC(F)(F)F)C2)n2ncnc2n1. The quantitative estimate of drug-likeness (QED) is 0.900. The topological polar surface area (TPSA) is 75.4 Å². The fourth-order valence-electron chi connectivity index (χ4n) is 2.98. The van der Waals surface area contributed by atoms with Crippen molar-refractivity contribution in [1.82, 2.24) is 24.9 Å². The van der Waals surface area contributed by atoms with Crippen LogP contribution in [0.3, 0.4) is 0 Å². The number of hydrogen-bond acceptors (Lipinski definition) is 5. The van der Waals surface area contributed by atoms with Crippen molar-refractivity contribution in [2.75, 3.05) is 24.5 Å². The van der Waals surface area contributed by atoms with E-state index in [4.69, 9.17) is 0 Å². The largest absolute Gasteiger partial charge is 0.405 e. The van der Waals surface area contributed by atoms with E-state index in [-0.39, 0.29) is 0 Å². The maximum absolute atomic E-state index is 12.3. The van der Waals surface area contributed by atoms with Gasteiger partial charge in [0, 0.05) is 24.8 Å². The molecule has 25 heavy (non-hydrogen) atoms. The summed E-state index contributed by atoms with van der Waals surface area (Å²) in [7, 11) is 0. The van der Waals surface area contributed by atoms with Crippen molar-refractivity contribution in [3.8, 4) is 0 Å². The van der Waals surface area contributed by atoms with Gasteiger partial charge in [-0.05, 0) is 19.3 Å². The van der Waals surface area contributed by atoms with Crippen LogP contribution in [0.1, 0.15) is 25.5 Å². The summed E-state index contributed by atoms with van der Waals surface area (Å²) >= 11 is 0. The highest BCUT2D eigenvalue weighted by Gasteiger charge is 2.32. The van der Waals surface area contributed by atoms with E-state index in [1.54, 1.807) is 4.52 Å². The van der Waals surface area contributed by atoms with Gasteiger partial charge in [0.05, 0.1) is 5.92 Å². The first-order valence-electron chi connectivity index (χ1n) is 8.16. The predicted molar refractivity (Wildman–Crippen MR) is 84.2 cm³/mol. The number of nitrogens with one attached hydrogen (secondary N) is 1. The highest BCUT2D eigenvalue weighted by molar-refractivity contribution is 5.79. The number of nitrogens with zero attached hydrogens (tertiary/aromatic N) is 5. The molecular weight excluding hydrogens is 337 g/mol. The predicted octanol–water partition coefficient (Wildman–Crippen LogP) is 1.58. The van der Waals surface area contributed by atoms with Crippen molar-refractivity contribution in [2.45, 2.75) is 32.4 Å². The molecule has 3 heterocycles. The van der Waals surface area contributed by atoms with Crippen molar-refractivity contribution in [3.05, 3.63) is 18.1 Å². The lowest BCUT2D eigenvalue weighted by molar-refractivity contribution is -0.140. The molecule has 3 rings (SSSR count). The molecule has 1 atom stereocenters. The third-order valence-corrected chi connectivity index (χ3v) is 4.23. The van der Waals surface area contributed by atoms with Crippen molar-refractivity contribution >= 4 is 17.5 Å². The fourth-order valence-corrected chi connectivity index (χ4v) is 2.98. The number of fused-ring (bicyclic) bond motifs is 1. The Hall–Kier alpha value is -2.39. The smallest absolute Gasteiger partial charge is 0.356 e. The lowest BCUT2D eigenvalue weighted by Gasteiger charge is -2.33. The van der Waals surface area contributed by atoms with E-state index in [1.165, 1.54) is 6.33 Å². The number of carbonyl (C=O) groups excluding carboxylic acids is 1. The van der Waals surface area contributed by atoms with Crippen molar-refractivity contribution in [3.63, 3.8) is 0 Å². The van der Waals surface area contributed by atoms with Crippen LogP contribution >= 0.6 is 0 Å². The highest BCUT2D eigenvalue weighted by atomic mass is 19.4. The lowest BCUT2D eigenvalue weighted by Crippen LogP contribution is -2.45. The van der Waals surface area contributed by atoms with Gasteiger partial charge in [0.15, 0.2) is 0 Å². The number of amides is 1. The van der Waals surface area contributed by atoms with Crippen LogP contribution in [-0.2, 0) is 11.2 Å². The minimum Gasteiger partial charge on any atom is -0.356 e. The molecule has 1 fully saturated rings. The van der Waals surface area contributed by atoms with Gasteiger partial charge in [-0.3, -0.25) is 4.79 Å². The molecule has 1 saturated heterocycles. The van der Waals surface area contributed by atoms with Crippen LogP contribution in [0, 0.1) is 5.92 Å². The van der Waals surface area contributed by atoms with Crippen LogP contribution in [0.25, 0.3) is 5.78 Å². The molecular formula is C15H19F3N6O. The third kappa shape index (κ3) is 3.99. The molecule has 0 saturated carbocycles. The maximum atomic E-state index is 12.3. The molecule has 1 unspecified atom stereocenters. The molecule has 1 amide bonds. The first-order chi connectivity index (χ1) is 11.9. The van der Waals surface area contributed by atoms with Crippen LogP contribution in [0.15, 0.2) is 12.4 Å². The molecule has 1 aliphatic rings. The number of piperidine rings is 1. The second-order valence-corrected chi connectivity index (χ2v) is 6.05. The Labute approximate surface area is 142 Å². The molecule has 0 bridgehead atoms. The molecule has 1 N–H and O–H groups in total. The Kier molecular flexibility index (Phi) is 4.78. The second-order valence-electron chi connectivity index (χ2n) is 6.05. The molecule has 0 spiro atoms. The Bertz CT molecular complexity index is 759. The summed E-state index contributed by atoms with van der Waals surface area (Å²) in [4.78, 5) is 22.5. The van der Waals surface area contributed by atoms with E-state index in [1.807, 2.05) is 23.2 Å². The minimum atomic E-state index is -4.40. The van der Waals surface area contributed by atoms with Gasteiger partial charge in [-0.25, -0.2) is 4.98 Å². The summed E-state index contributed by atoms with van der Waals surface area (Å²) in [5, 5.41) is 6.14. The summed E-state index contributed by atoms with van der Waals surface area (Å²) in [6, 6.07) is 1.89. The van der Waals surface area contributed by atoms with Crippen LogP contribution in [0.4, 0.5) is 19.0 Å². The summed E-state index contributed by atoms with van der Waals surface area (Å²) in [5.74, 6) is 0.167. The first kappa shape index (κ1) is 17.4. The standard InChI is InChI=1S/C15H19F3N6O/c1-2-11-6-12(24-14(22-11)20-9-21-24)23-5-3-4-10(7-23)13(25)19-8-15(16,17)18/h6,9-10H,2-5,7-8H2,1H3,(H,19,25). The fraction of sp³-hybridized carbons (Fsp3) is 0.600. The van der Waals surface area contributed by atoms with Crippen molar-refractivity contribution in [1.29, 1.82) is 0 Å². The molecule has 0 radical (unpaired) electrons. The number of alkyl halides is 3. The maximum Gasteiger partial charge on any atom is 0.405 e. The second kappa shape index (κ2) is 6.85. The number of rotatable bonds is 4. The van der Waals surface area contributed by atoms with Gasteiger partial charge >= 0.3 is 6.18 Å². The number of halogens is 3. The van der Waals surface area contributed by atoms with E-state index in [0.29, 0.717) is 31.7 Å². The molecule has 0 aliphatic carbocycles. The van der Waals surface area contributed by atoms with E-state index in [0.717, 1.165) is 17.9 Å². The first-order valence-corrected chi connectivity index (χ1v) is 8.16. The molecule has 2 aromatic rings. The van der Waals surface area contributed by atoms with E-state index in [9.17, 15) is 18.0 Å². The Morgan fingerprint density at radius 2 is 2.24 bits per heavy atom. The van der Waals surface area contributed by atoms with E-state index < -0.39 is 24.5 Å². The number of aryl methyl sites for hydroxylation is 1. The average molecular weight is 356 g/mol. The minimum absolute atomic E-state index is 0.339. The van der Waals surface area contributed by atoms with Crippen LogP contribution in [0.5, 0.6) is 0 Å². The zero-order chi connectivity index (χ0) is 18.0. The van der Waals surface area contributed by atoms with Gasteiger partial charge in [0.25, 0.3) is 5.78 Å². The third-order valence-electron chi connectivity index (χ3n) is 4.23. The van der Waals surface area contributed by atoms with Gasteiger partial charge in [0.2, 0.25) is 5.91 Å². The van der Waals surface area contributed by atoms with Gasteiger partial charge in [-0.15, -0.1) is 0 Å². The lowest BCUT2D eigenvalue weighted by atomic mass is 9.97. The molecule has 7 nitrogen and oxygen atoms in total. The number of hydrogen-bond donors (Lipinski definition) is 1. The van der Waals surface area contributed by atoms with Crippen molar-refractivity contribution in [2.24, 2.45) is 5.92 Å². The molecule has 0 aromatic carbocycles. The zero-order valence-corrected chi connectivity index (χ0v) is 13.8. The van der Waals surface area contributed by atoms with Gasteiger partial charge in [0.1, 0.15) is 18.7 Å². The summed E-state index contributed by atoms with van der Waals surface area (Å²) in [5.41, 5.74) is 0.846. The van der Waals surface area contributed by atoms with E-state index in [2.05, 4.69) is 15.1 Å². The summed E-state index contributed by atoms with van der Waals surface area (Å²) < 4.78 is 38.5. The van der Waals surface area contributed by atoms with Gasteiger partial charge in [-0.1, -0.05) is 6.92 Å². The molecule has 10 heteroatoms. The van der Waals surface area contributed by atoms with Gasteiger partial charge < -0.3 is 10.2 Å². The van der Waals surface area contributed by atoms with Crippen LogP contribution in [0.2, 0.25) is 0 Å². The molecule has 1 aliphatic heterocycles. The number of anilines is 1. The highest BCUT2D eigenvalue weighted by Crippen LogP contribution is 2.24. The normalized spacial score (nSPS) is 18.6. The monoisotopic (exact) mass is 356 g/mol. The number of aromatic nitrogens is 4. The summed E-state index contributed by atoms with van der Waals surface area (Å²) in [6.45, 7) is 1.71. The van der Waals surface area contributed by atoms with E-state index >= 15 is 0 Å². The van der Waals surface area contributed by atoms with Crippen LogP contribution in [-0.4, -0.2) is 51.3 Å². The van der Waals surface area contributed by atoms with Gasteiger partial charge in [-0.2, -0.15) is 27.8 Å². The van der Waals surface area contributed by atoms with Crippen LogP contribution < -0.4 is 10.2 Å². The molecule has 2 aromatic heterocycles. The Morgan fingerprint density at radius 3 is 2.96 bits per heavy atom. The Morgan fingerprint density at radius 1 is 1.44 bits per heavy atom. The molecule has 136 valence electrons. The van der Waals surface area contributed by atoms with Crippen molar-refractivity contribution < 1.29 is 18.0 Å². The average Bonchev–Trinajstić information content (AvgIpc) is 3.06. The number of carbonyl (C=O) groups is 1.